The minimum absolute atomic E-state index is 0.247. The number of nitrogens with two attached hydrogens (primary N) is 1. The number of anilines is 1. The van der Waals surface area contributed by atoms with Crippen molar-refractivity contribution in [3.8, 4) is 23.0 Å². The van der Waals surface area contributed by atoms with Gasteiger partial charge in [-0.05, 0) is 68.7 Å². The Kier molecular flexibility index (Phi) is 6.62. The molecule has 184 valence electrons. The Morgan fingerprint density at radius 2 is 1.97 bits per heavy atom. The predicted octanol–water partition coefficient (Wildman–Crippen LogP) is 5.25. The number of hydrogen-bond acceptors (Lipinski definition) is 8. The van der Waals surface area contributed by atoms with E-state index >= 15 is 0 Å². The van der Waals surface area contributed by atoms with Crippen molar-refractivity contribution in [2.75, 3.05) is 12.8 Å². The number of ether oxygens (including phenoxy) is 3. The molecule has 0 spiro atoms. The highest BCUT2D eigenvalue weighted by molar-refractivity contribution is 7.09. The van der Waals surface area contributed by atoms with Crippen LogP contribution in [0.15, 0.2) is 42.0 Å². The van der Waals surface area contributed by atoms with Crippen LogP contribution in [0, 0.1) is 0 Å². The molecule has 3 aliphatic rings. The second kappa shape index (κ2) is 9.83. The third-order valence-electron chi connectivity index (χ3n) is 6.36. The lowest BCUT2D eigenvalue weighted by molar-refractivity contribution is -0.0381. The van der Waals surface area contributed by atoms with Gasteiger partial charge in [0.15, 0.2) is 34.7 Å². The van der Waals surface area contributed by atoms with E-state index in [4.69, 9.17) is 29.9 Å². The Balaban J connectivity index is 1.41. The quantitative estimate of drug-likeness (QED) is 0.340. The molecule has 2 aromatic rings. The van der Waals surface area contributed by atoms with E-state index in [2.05, 4.69) is 11.1 Å². The van der Waals surface area contributed by atoms with Crippen molar-refractivity contribution < 1.29 is 14.2 Å². The van der Waals surface area contributed by atoms with E-state index < -0.39 is 5.60 Å². The Morgan fingerprint density at radius 3 is 2.71 bits per heavy atom. The summed E-state index contributed by atoms with van der Waals surface area (Å²) in [7, 11) is 1.67. The van der Waals surface area contributed by atoms with E-state index in [1.807, 2.05) is 48.1 Å². The average molecular weight is 494 g/mol. The largest absolute Gasteiger partial charge is 0.493 e. The first-order valence-electron chi connectivity index (χ1n) is 11.9. The molecule has 3 heterocycles. The summed E-state index contributed by atoms with van der Waals surface area (Å²) in [6, 6.07) is 10.1. The molecule has 0 unspecified atom stereocenters. The van der Waals surface area contributed by atoms with Crippen LogP contribution in [-0.2, 0) is 23.5 Å². The van der Waals surface area contributed by atoms with Crippen LogP contribution in [0.5, 0.6) is 11.5 Å². The highest BCUT2D eigenvalue weighted by Gasteiger charge is 2.30. The van der Waals surface area contributed by atoms with Gasteiger partial charge in [-0.2, -0.15) is 0 Å². The van der Waals surface area contributed by atoms with E-state index in [-0.39, 0.29) is 6.10 Å². The van der Waals surface area contributed by atoms with Crippen molar-refractivity contribution in [1.82, 2.24) is 19.5 Å². The van der Waals surface area contributed by atoms with Crippen LogP contribution in [0.2, 0.25) is 0 Å². The fourth-order valence-electron chi connectivity index (χ4n) is 4.34. The Bertz CT molecular complexity index is 1250. The molecule has 2 N–H and O–H groups in total. The van der Waals surface area contributed by atoms with Crippen molar-refractivity contribution >= 4 is 17.2 Å². The summed E-state index contributed by atoms with van der Waals surface area (Å²) in [6.07, 6.45) is 6.54. The van der Waals surface area contributed by atoms with E-state index in [0.717, 1.165) is 34.8 Å². The normalized spacial score (nSPS) is 14.6. The maximum atomic E-state index is 6.28. The zero-order valence-corrected chi connectivity index (χ0v) is 21.2. The maximum Gasteiger partial charge on any atom is 0.166 e. The highest BCUT2D eigenvalue weighted by atomic mass is 32.1. The van der Waals surface area contributed by atoms with Crippen LogP contribution < -0.4 is 15.2 Å². The summed E-state index contributed by atoms with van der Waals surface area (Å²) < 4.78 is 19.9. The Labute approximate surface area is 209 Å². The SMILES string of the molecule is COc1ccc(Cn2cnc(N)c3nc(C(C)(C)OCc4cccs4)nc2-3)cc1OC1CCCC1. The van der Waals surface area contributed by atoms with Crippen molar-refractivity contribution in [3.63, 3.8) is 0 Å². The van der Waals surface area contributed by atoms with Crippen LogP contribution >= 0.6 is 11.3 Å². The number of nitrogens with zero attached hydrogens (tertiary/aromatic N) is 4. The van der Waals surface area contributed by atoms with Gasteiger partial charge in [0.25, 0.3) is 0 Å². The zero-order chi connectivity index (χ0) is 24.4. The molecule has 0 amide bonds. The summed E-state index contributed by atoms with van der Waals surface area (Å²) in [5.41, 5.74) is 7.12. The summed E-state index contributed by atoms with van der Waals surface area (Å²) in [6.45, 7) is 4.99. The number of nitrogen functional groups attached to an aromatic ring is 1. The number of aromatic nitrogens is 4. The predicted molar refractivity (Wildman–Crippen MR) is 136 cm³/mol. The van der Waals surface area contributed by atoms with Crippen molar-refractivity contribution in [2.24, 2.45) is 0 Å². The number of imidazole rings is 1. The van der Waals surface area contributed by atoms with Crippen LogP contribution in [-0.4, -0.2) is 32.7 Å². The monoisotopic (exact) mass is 493 g/mol. The Morgan fingerprint density at radius 1 is 1.14 bits per heavy atom. The molecule has 1 aromatic heterocycles. The summed E-state index contributed by atoms with van der Waals surface area (Å²) in [5.74, 6) is 3.12. The highest BCUT2D eigenvalue weighted by Crippen LogP contribution is 2.34. The number of rotatable bonds is 9. The molecular weight excluding hydrogens is 462 g/mol. The van der Waals surface area contributed by atoms with E-state index in [1.54, 1.807) is 24.8 Å². The zero-order valence-electron chi connectivity index (χ0n) is 20.4. The van der Waals surface area contributed by atoms with Gasteiger partial charge in [0.1, 0.15) is 5.60 Å². The van der Waals surface area contributed by atoms with Gasteiger partial charge < -0.3 is 24.5 Å². The van der Waals surface area contributed by atoms with Crippen LogP contribution in [0.4, 0.5) is 5.82 Å². The van der Waals surface area contributed by atoms with Crippen molar-refractivity contribution in [2.45, 2.75) is 64.4 Å². The van der Waals surface area contributed by atoms with Crippen LogP contribution in [0.1, 0.15) is 55.8 Å². The van der Waals surface area contributed by atoms with E-state index in [0.29, 0.717) is 36.3 Å². The minimum atomic E-state index is -0.685. The number of hydrogen-bond donors (Lipinski definition) is 1. The van der Waals surface area contributed by atoms with Gasteiger partial charge in [-0.3, -0.25) is 0 Å². The molecule has 5 rings (SSSR count). The first kappa shape index (κ1) is 23.6. The third-order valence-corrected chi connectivity index (χ3v) is 7.21. The van der Waals surface area contributed by atoms with Gasteiger partial charge >= 0.3 is 0 Å². The smallest absolute Gasteiger partial charge is 0.166 e. The fraction of sp³-hybridized carbons (Fsp3) is 0.423. The van der Waals surface area contributed by atoms with Gasteiger partial charge in [0, 0.05) is 4.88 Å². The van der Waals surface area contributed by atoms with Gasteiger partial charge in [-0.15, -0.1) is 11.3 Å². The molecule has 1 aliphatic carbocycles. The molecule has 1 aromatic carbocycles. The summed E-state index contributed by atoms with van der Waals surface area (Å²) in [5, 5.41) is 2.04. The molecule has 0 bridgehead atoms. The van der Waals surface area contributed by atoms with Gasteiger partial charge in [0.2, 0.25) is 0 Å². The topological polar surface area (TPSA) is 97.3 Å². The number of fused-ring (bicyclic) bond motifs is 1. The van der Waals surface area contributed by atoms with Gasteiger partial charge in [0.05, 0.1) is 32.7 Å². The first-order valence-corrected chi connectivity index (χ1v) is 12.8. The molecular formula is C26H31N5O3S. The van der Waals surface area contributed by atoms with Crippen molar-refractivity contribution in [1.29, 1.82) is 0 Å². The summed E-state index contributed by atoms with van der Waals surface area (Å²) >= 11 is 1.66. The molecule has 0 radical (unpaired) electrons. The fourth-order valence-corrected chi connectivity index (χ4v) is 4.96. The summed E-state index contributed by atoms with van der Waals surface area (Å²) in [4.78, 5) is 15.1. The van der Waals surface area contributed by atoms with E-state index in [9.17, 15) is 0 Å². The molecule has 1 saturated carbocycles. The molecule has 1 fully saturated rings. The number of methoxy groups -OCH3 is 1. The lowest BCUT2D eigenvalue weighted by Gasteiger charge is -2.21. The van der Waals surface area contributed by atoms with Gasteiger partial charge in [-0.1, -0.05) is 12.1 Å². The standard InChI is InChI=1S/C26H31N5O3S/c1-26(2,33-15-19-9-6-12-35-19)25-29-22-23(27)28-16-31(24(22)30-25)14-17-10-11-20(32-3)21(13-17)34-18-7-4-5-8-18/h6,9-13,16,18H,4-5,7-8,14-15,27H2,1-3H3. The third kappa shape index (κ3) is 5.11. The Hall–Kier alpha value is -3.17. The second-order valence-corrected chi connectivity index (χ2v) is 10.4. The molecule has 0 atom stereocenters. The second-order valence-electron chi connectivity index (χ2n) is 9.37. The molecule has 35 heavy (non-hydrogen) atoms. The minimum Gasteiger partial charge on any atom is -0.493 e. The maximum absolute atomic E-state index is 6.28. The van der Waals surface area contributed by atoms with Crippen LogP contribution in [0.25, 0.3) is 11.5 Å². The molecule has 8 nitrogen and oxygen atoms in total. The van der Waals surface area contributed by atoms with E-state index in [1.165, 1.54) is 12.8 Å². The number of thiophene rings is 1. The number of benzene rings is 1. The lowest BCUT2D eigenvalue weighted by Crippen LogP contribution is -2.23. The van der Waals surface area contributed by atoms with Gasteiger partial charge in [-0.25, -0.2) is 15.0 Å². The van der Waals surface area contributed by atoms with Crippen molar-refractivity contribution in [3.05, 3.63) is 58.3 Å². The molecule has 9 heteroatoms. The average Bonchev–Trinajstić information content (AvgIpc) is 3.62. The molecule has 2 aliphatic heterocycles. The van der Waals surface area contributed by atoms with Crippen LogP contribution in [0.3, 0.4) is 0 Å². The lowest BCUT2D eigenvalue weighted by atomic mass is 10.1. The first-order chi connectivity index (χ1) is 16.9. The molecule has 0 saturated heterocycles.